The standard InChI is InChI=1S/C14H21NO4/c1-14(2,13(16)17)15(3)9-10-19-12-7-5-11(18-4)6-8-12/h5-8H,9-10H2,1-4H3,(H,16,17). The molecular formula is C14H21NO4. The molecule has 0 aliphatic rings. The third-order valence-corrected chi connectivity index (χ3v) is 3.23. The lowest BCUT2D eigenvalue weighted by atomic mass is 10.0. The summed E-state index contributed by atoms with van der Waals surface area (Å²) in [4.78, 5) is 12.8. The summed E-state index contributed by atoms with van der Waals surface area (Å²) in [5, 5.41) is 9.09. The van der Waals surface area contributed by atoms with Crippen molar-refractivity contribution in [2.45, 2.75) is 19.4 Å². The van der Waals surface area contributed by atoms with Gasteiger partial charge in [-0.05, 0) is 45.2 Å². The predicted octanol–water partition coefficient (Wildman–Crippen LogP) is 1.87. The van der Waals surface area contributed by atoms with E-state index in [0.717, 1.165) is 11.5 Å². The molecule has 1 aromatic carbocycles. The first-order chi connectivity index (χ1) is 8.87. The molecule has 0 aliphatic heterocycles. The fraction of sp³-hybridized carbons (Fsp3) is 0.500. The maximum Gasteiger partial charge on any atom is 0.323 e. The average molecular weight is 267 g/mol. The smallest absolute Gasteiger partial charge is 0.323 e. The van der Waals surface area contributed by atoms with Gasteiger partial charge in [0.1, 0.15) is 23.6 Å². The molecule has 0 unspecified atom stereocenters. The lowest BCUT2D eigenvalue weighted by Gasteiger charge is -2.31. The number of carbonyl (C=O) groups is 1. The van der Waals surface area contributed by atoms with Crippen LogP contribution in [0, 0.1) is 0 Å². The summed E-state index contributed by atoms with van der Waals surface area (Å²) in [5.41, 5.74) is -0.900. The van der Waals surface area contributed by atoms with E-state index in [4.69, 9.17) is 14.6 Å². The molecule has 0 atom stereocenters. The van der Waals surface area contributed by atoms with Crippen LogP contribution in [0.1, 0.15) is 13.8 Å². The number of rotatable bonds is 7. The molecule has 0 aliphatic carbocycles. The minimum atomic E-state index is -0.900. The van der Waals surface area contributed by atoms with E-state index >= 15 is 0 Å². The fourth-order valence-electron chi connectivity index (χ4n) is 1.42. The summed E-state index contributed by atoms with van der Waals surface area (Å²) in [5.74, 6) is 0.665. The van der Waals surface area contributed by atoms with Crippen molar-refractivity contribution in [1.82, 2.24) is 4.90 Å². The Balaban J connectivity index is 2.43. The molecule has 19 heavy (non-hydrogen) atoms. The molecule has 0 radical (unpaired) electrons. The van der Waals surface area contributed by atoms with Crippen molar-refractivity contribution in [3.63, 3.8) is 0 Å². The van der Waals surface area contributed by atoms with Crippen LogP contribution < -0.4 is 9.47 Å². The van der Waals surface area contributed by atoms with Crippen molar-refractivity contribution in [2.75, 3.05) is 27.3 Å². The van der Waals surface area contributed by atoms with Gasteiger partial charge in [-0.3, -0.25) is 9.69 Å². The molecule has 0 spiro atoms. The Labute approximate surface area is 113 Å². The topological polar surface area (TPSA) is 59.0 Å². The number of aliphatic carboxylic acids is 1. The van der Waals surface area contributed by atoms with E-state index in [1.165, 1.54) is 0 Å². The number of likely N-dealkylation sites (N-methyl/N-ethyl adjacent to an activating group) is 1. The molecule has 0 saturated heterocycles. The molecule has 5 nitrogen and oxygen atoms in total. The van der Waals surface area contributed by atoms with Gasteiger partial charge in [0.2, 0.25) is 0 Å². The largest absolute Gasteiger partial charge is 0.497 e. The van der Waals surface area contributed by atoms with E-state index < -0.39 is 11.5 Å². The van der Waals surface area contributed by atoms with Crippen molar-refractivity contribution in [3.05, 3.63) is 24.3 Å². The Morgan fingerprint density at radius 1 is 1.26 bits per heavy atom. The molecule has 0 bridgehead atoms. The van der Waals surface area contributed by atoms with Gasteiger partial charge < -0.3 is 14.6 Å². The van der Waals surface area contributed by atoms with Crippen LogP contribution in [0.2, 0.25) is 0 Å². The monoisotopic (exact) mass is 267 g/mol. The summed E-state index contributed by atoms with van der Waals surface area (Å²) < 4.78 is 10.6. The fourth-order valence-corrected chi connectivity index (χ4v) is 1.42. The summed E-state index contributed by atoms with van der Waals surface area (Å²) in [6, 6.07) is 7.28. The number of hydrogen-bond donors (Lipinski definition) is 1. The maximum absolute atomic E-state index is 11.1. The van der Waals surface area contributed by atoms with Gasteiger partial charge in [-0.15, -0.1) is 0 Å². The van der Waals surface area contributed by atoms with Crippen LogP contribution >= 0.6 is 0 Å². The highest BCUT2D eigenvalue weighted by Gasteiger charge is 2.31. The second-order valence-corrected chi connectivity index (χ2v) is 4.81. The van der Waals surface area contributed by atoms with E-state index in [9.17, 15) is 4.79 Å². The van der Waals surface area contributed by atoms with Crippen molar-refractivity contribution in [3.8, 4) is 11.5 Å². The first-order valence-corrected chi connectivity index (χ1v) is 6.09. The minimum Gasteiger partial charge on any atom is -0.497 e. The molecule has 0 amide bonds. The zero-order chi connectivity index (χ0) is 14.5. The van der Waals surface area contributed by atoms with Crippen LogP contribution in [0.4, 0.5) is 0 Å². The molecular weight excluding hydrogens is 246 g/mol. The number of carboxylic acids is 1. The number of methoxy groups -OCH3 is 1. The Kier molecular flexibility index (Phi) is 5.18. The predicted molar refractivity (Wildman–Crippen MR) is 72.8 cm³/mol. The van der Waals surface area contributed by atoms with Gasteiger partial charge in [-0.2, -0.15) is 0 Å². The molecule has 0 heterocycles. The van der Waals surface area contributed by atoms with Crippen LogP contribution in [-0.4, -0.2) is 48.8 Å². The highest BCUT2D eigenvalue weighted by Crippen LogP contribution is 2.17. The lowest BCUT2D eigenvalue weighted by molar-refractivity contribution is -0.148. The first kappa shape index (κ1) is 15.3. The molecule has 1 aromatic rings. The Bertz CT molecular complexity index is 414. The highest BCUT2D eigenvalue weighted by molar-refractivity contribution is 5.77. The molecule has 5 heteroatoms. The Hall–Kier alpha value is -1.75. The van der Waals surface area contributed by atoms with Crippen molar-refractivity contribution in [2.24, 2.45) is 0 Å². The third kappa shape index (κ3) is 4.13. The average Bonchev–Trinajstić information content (AvgIpc) is 2.39. The second-order valence-electron chi connectivity index (χ2n) is 4.81. The summed E-state index contributed by atoms with van der Waals surface area (Å²) >= 11 is 0. The van der Waals surface area contributed by atoms with Crippen LogP contribution in [0.15, 0.2) is 24.3 Å². The van der Waals surface area contributed by atoms with Crippen LogP contribution in [0.25, 0.3) is 0 Å². The van der Waals surface area contributed by atoms with E-state index in [1.807, 2.05) is 24.3 Å². The van der Waals surface area contributed by atoms with Gasteiger partial charge in [0, 0.05) is 6.54 Å². The summed E-state index contributed by atoms with van der Waals surface area (Å²) in [6.45, 7) is 4.30. The van der Waals surface area contributed by atoms with Gasteiger partial charge in [0.25, 0.3) is 0 Å². The molecule has 106 valence electrons. The summed E-state index contributed by atoms with van der Waals surface area (Å²) in [7, 11) is 3.38. The number of hydrogen-bond acceptors (Lipinski definition) is 4. The third-order valence-electron chi connectivity index (χ3n) is 3.23. The SMILES string of the molecule is COc1ccc(OCCN(C)C(C)(C)C(=O)O)cc1. The Morgan fingerprint density at radius 3 is 2.26 bits per heavy atom. The molecule has 0 fully saturated rings. The van der Waals surface area contributed by atoms with Crippen LogP contribution in [0.3, 0.4) is 0 Å². The van der Waals surface area contributed by atoms with Gasteiger partial charge in [-0.1, -0.05) is 0 Å². The van der Waals surface area contributed by atoms with E-state index in [-0.39, 0.29) is 0 Å². The zero-order valence-corrected chi connectivity index (χ0v) is 11.8. The molecule has 1 rings (SSSR count). The molecule has 0 saturated carbocycles. The van der Waals surface area contributed by atoms with Gasteiger partial charge >= 0.3 is 5.97 Å². The van der Waals surface area contributed by atoms with Crippen LogP contribution in [-0.2, 0) is 4.79 Å². The zero-order valence-electron chi connectivity index (χ0n) is 11.8. The number of nitrogens with zero attached hydrogens (tertiary/aromatic N) is 1. The Morgan fingerprint density at radius 2 is 1.79 bits per heavy atom. The number of ether oxygens (including phenoxy) is 2. The van der Waals surface area contributed by atoms with Crippen molar-refractivity contribution in [1.29, 1.82) is 0 Å². The quantitative estimate of drug-likeness (QED) is 0.817. The first-order valence-electron chi connectivity index (χ1n) is 6.09. The van der Waals surface area contributed by atoms with Gasteiger partial charge in [0.15, 0.2) is 0 Å². The number of benzene rings is 1. The molecule has 0 aromatic heterocycles. The minimum absolute atomic E-state index is 0.430. The molecule has 1 N–H and O–H groups in total. The van der Waals surface area contributed by atoms with Crippen LogP contribution in [0.5, 0.6) is 11.5 Å². The van der Waals surface area contributed by atoms with Gasteiger partial charge in [-0.25, -0.2) is 0 Å². The van der Waals surface area contributed by atoms with E-state index in [2.05, 4.69) is 0 Å². The lowest BCUT2D eigenvalue weighted by Crippen LogP contribution is -2.49. The van der Waals surface area contributed by atoms with E-state index in [1.54, 1.807) is 32.9 Å². The summed E-state index contributed by atoms with van der Waals surface area (Å²) in [6.07, 6.45) is 0. The van der Waals surface area contributed by atoms with Gasteiger partial charge in [0.05, 0.1) is 7.11 Å². The van der Waals surface area contributed by atoms with Crippen molar-refractivity contribution >= 4 is 5.97 Å². The van der Waals surface area contributed by atoms with Crippen molar-refractivity contribution < 1.29 is 19.4 Å². The van der Waals surface area contributed by atoms with E-state index in [0.29, 0.717) is 13.2 Å². The highest BCUT2D eigenvalue weighted by atomic mass is 16.5. The second kappa shape index (κ2) is 6.43. The maximum atomic E-state index is 11.1. The number of carboxylic acid groups (broad SMARTS) is 1. The normalized spacial score (nSPS) is 11.4.